The van der Waals surface area contributed by atoms with E-state index in [0.717, 1.165) is 6.20 Å². The summed E-state index contributed by atoms with van der Waals surface area (Å²) in [5.41, 5.74) is 0.557. The van der Waals surface area contributed by atoms with Crippen molar-refractivity contribution in [1.29, 1.82) is 0 Å². The van der Waals surface area contributed by atoms with Crippen molar-refractivity contribution in [1.82, 2.24) is 9.97 Å². The third-order valence-corrected chi connectivity index (χ3v) is 2.22. The maximum absolute atomic E-state index is 13.0. The van der Waals surface area contributed by atoms with Gasteiger partial charge in [0.15, 0.2) is 5.65 Å². The maximum Gasteiger partial charge on any atom is 0.337 e. The van der Waals surface area contributed by atoms with Crippen LogP contribution in [-0.2, 0) is 11.3 Å². The summed E-state index contributed by atoms with van der Waals surface area (Å²) in [7, 11) is 1.44. The van der Waals surface area contributed by atoms with Gasteiger partial charge in [0.2, 0.25) is 0 Å². The second-order valence-corrected chi connectivity index (χ2v) is 3.42. The van der Waals surface area contributed by atoms with E-state index in [4.69, 9.17) is 9.84 Å². The molecular weight excluding hydrogens is 227 g/mol. The van der Waals surface area contributed by atoms with Crippen molar-refractivity contribution in [3.63, 3.8) is 0 Å². The third-order valence-electron chi connectivity index (χ3n) is 2.22. The van der Waals surface area contributed by atoms with E-state index in [-0.39, 0.29) is 17.9 Å². The Balaban J connectivity index is 2.67. The SMILES string of the molecule is COCc1nc2ncc(F)cc2cc1C(=O)O. The first kappa shape index (κ1) is 11.4. The molecule has 2 rings (SSSR count). The minimum absolute atomic E-state index is 0.00764. The summed E-state index contributed by atoms with van der Waals surface area (Å²) in [4.78, 5) is 18.8. The molecule has 0 amide bonds. The fourth-order valence-electron chi connectivity index (χ4n) is 1.51. The van der Waals surface area contributed by atoms with Crippen molar-refractivity contribution in [3.05, 3.63) is 35.4 Å². The summed E-state index contributed by atoms with van der Waals surface area (Å²) < 4.78 is 17.8. The van der Waals surface area contributed by atoms with Crippen LogP contribution in [0.4, 0.5) is 4.39 Å². The van der Waals surface area contributed by atoms with Crippen molar-refractivity contribution in [2.75, 3.05) is 7.11 Å². The number of hydrogen-bond donors (Lipinski definition) is 1. The van der Waals surface area contributed by atoms with Gasteiger partial charge in [-0.15, -0.1) is 0 Å². The molecule has 5 nitrogen and oxygen atoms in total. The predicted molar refractivity (Wildman–Crippen MR) is 57.2 cm³/mol. The van der Waals surface area contributed by atoms with Gasteiger partial charge < -0.3 is 9.84 Å². The smallest absolute Gasteiger partial charge is 0.337 e. The van der Waals surface area contributed by atoms with E-state index in [9.17, 15) is 9.18 Å². The molecule has 0 aromatic carbocycles. The lowest BCUT2D eigenvalue weighted by Gasteiger charge is -2.06. The number of carboxylic acid groups (broad SMARTS) is 1. The van der Waals surface area contributed by atoms with Gasteiger partial charge in [-0.2, -0.15) is 0 Å². The highest BCUT2D eigenvalue weighted by Crippen LogP contribution is 2.17. The Morgan fingerprint density at radius 2 is 2.29 bits per heavy atom. The molecule has 17 heavy (non-hydrogen) atoms. The van der Waals surface area contributed by atoms with Crippen LogP contribution in [-0.4, -0.2) is 28.2 Å². The number of hydrogen-bond acceptors (Lipinski definition) is 4. The summed E-state index contributed by atoms with van der Waals surface area (Å²) in [6, 6.07) is 2.54. The number of rotatable bonds is 3. The highest BCUT2D eigenvalue weighted by Gasteiger charge is 2.14. The summed E-state index contributed by atoms with van der Waals surface area (Å²) in [5.74, 6) is -1.66. The maximum atomic E-state index is 13.0. The van der Waals surface area contributed by atoms with Gasteiger partial charge in [0, 0.05) is 12.5 Å². The second-order valence-electron chi connectivity index (χ2n) is 3.42. The number of ether oxygens (including phenoxy) is 1. The highest BCUT2D eigenvalue weighted by molar-refractivity contribution is 5.93. The van der Waals surface area contributed by atoms with E-state index in [1.54, 1.807) is 0 Å². The molecule has 2 aromatic heterocycles. The number of nitrogens with zero attached hydrogens (tertiary/aromatic N) is 2. The van der Waals surface area contributed by atoms with Crippen LogP contribution in [0.2, 0.25) is 0 Å². The standard InChI is InChI=1S/C11H9FN2O3/c1-17-5-9-8(11(15)16)3-6-2-7(12)4-13-10(6)14-9/h2-4H,5H2,1H3,(H,15,16). The van der Waals surface area contributed by atoms with E-state index in [1.807, 2.05) is 0 Å². The molecule has 6 heteroatoms. The Hall–Kier alpha value is -2.08. The number of aromatic nitrogens is 2. The molecule has 0 fully saturated rings. The lowest BCUT2D eigenvalue weighted by atomic mass is 10.1. The molecule has 0 aliphatic rings. The zero-order valence-corrected chi connectivity index (χ0v) is 8.98. The zero-order chi connectivity index (χ0) is 12.4. The molecule has 0 unspecified atom stereocenters. The Morgan fingerprint density at radius 1 is 1.53 bits per heavy atom. The lowest BCUT2D eigenvalue weighted by Crippen LogP contribution is -2.07. The van der Waals surface area contributed by atoms with Gasteiger partial charge in [0.05, 0.1) is 24.1 Å². The van der Waals surface area contributed by atoms with Gasteiger partial charge in [-0.25, -0.2) is 19.2 Å². The van der Waals surface area contributed by atoms with Crippen LogP contribution in [0.1, 0.15) is 16.1 Å². The molecule has 0 spiro atoms. The summed E-state index contributed by atoms with van der Waals surface area (Å²) in [5, 5.41) is 9.36. The van der Waals surface area contributed by atoms with Crippen molar-refractivity contribution >= 4 is 17.0 Å². The largest absolute Gasteiger partial charge is 0.478 e. The minimum atomic E-state index is -1.13. The van der Waals surface area contributed by atoms with E-state index >= 15 is 0 Å². The average molecular weight is 236 g/mol. The Labute approximate surface area is 95.9 Å². The number of halogens is 1. The van der Waals surface area contributed by atoms with Crippen LogP contribution in [0.15, 0.2) is 18.3 Å². The molecule has 0 aliphatic heterocycles. The molecule has 0 bridgehead atoms. The van der Waals surface area contributed by atoms with E-state index < -0.39 is 11.8 Å². The second kappa shape index (κ2) is 4.42. The van der Waals surface area contributed by atoms with Crippen LogP contribution in [0.5, 0.6) is 0 Å². The molecule has 0 aliphatic carbocycles. The molecule has 88 valence electrons. The summed E-state index contributed by atoms with van der Waals surface area (Å²) in [6.45, 7) is 0.0661. The third kappa shape index (κ3) is 2.21. The van der Waals surface area contributed by atoms with Crippen LogP contribution in [0.25, 0.3) is 11.0 Å². The monoisotopic (exact) mass is 236 g/mol. The lowest BCUT2D eigenvalue weighted by molar-refractivity contribution is 0.0691. The van der Waals surface area contributed by atoms with Gasteiger partial charge in [-0.1, -0.05) is 0 Å². The average Bonchev–Trinajstić information content (AvgIpc) is 2.28. The first-order chi connectivity index (χ1) is 8.11. The van der Waals surface area contributed by atoms with Crippen molar-refractivity contribution in [2.45, 2.75) is 6.61 Å². The Bertz CT molecular complexity index is 586. The first-order valence-electron chi connectivity index (χ1n) is 4.79. The fraction of sp³-hybridized carbons (Fsp3) is 0.182. The van der Waals surface area contributed by atoms with Gasteiger partial charge in [0.1, 0.15) is 5.82 Å². The molecule has 0 saturated carbocycles. The first-order valence-corrected chi connectivity index (χ1v) is 4.79. The molecular formula is C11H9FN2O3. The zero-order valence-electron chi connectivity index (χ0n) is 8.98. The number of fused-ring (bicyclic) bond motifs is 1. The van der Waals surface area contributed by atoms with Crippen molar-refractivity contribution < 1.29 is 19.0 Å². The molecule has 0 radical (unpaired) electrons. The van der Waals surface area contributed by atoms with Crippen molar-refractivity contribution in [3.8, 4) is 0 Å². The number of carbonyl (C=O) groups is 1. The predicted octanol–water partition coefficient (Wildman–Crippen LogP) is 1.61. The molecule has 2 aromatic rings. The topological polar surface area (TPSA) is 72.3 Å². The Kier molecular flexibility index (Phi) is 2.97. The van der Waals surface area contributed by atoms with Gasteiger partial charge >= 0.3 is 5.97 Å². The van der Waals surface area contributed by atoms with Gasteiger partial charge in [-0.3, -0.25) is 0 Å². The molecule has 2 heterocycles. The summed E-state index contributed by atoms with van der Waals surface area (Å²) >= 11 is 0. The minimum Gasteiger partial charge on any atom is -0.478 e. The number of carboxylic acids is 1. The normalized spacial score (nSPS) is 10.7. The van der Waals surface area contributed by atoms with Gasteiger partial charge in [0.25, 0.3) is 0 Å². The van der Waals surface area contributed by atoms with E-state index in [0.29, 0.717) is 11.0 Å². The quantitative estimate of drug-likeness (QED) is 0.876. The fourth-order valence-corrected chi connectivity index (χ4v) is 1.51. The number of pyridine rings is 2. The van der Waals surface area contributed by atoms with Crippen LogP contribution < -0.4 is 0 Å². The molecule has 0 atom stereocenters. The highest BCUT2D eigenvalue weighted by atomic mass is 19.1. The van der Waals surface area contributed by atoms with E-state index in [1.165, 1.54) is 19.2 Å². The Morgan fingerprint density at radius 3 is 2.94 bits per heavy atom. The van der Waals surface area contributed by atoms with Crippen LogP contribution in [0.3, 0.4) is 0 Å². The van der Waals surface area contributed by atoms with Crippen molar-refractivity contribution in [2.24, 2.45) is 0 Å². The van der Waals surface area contributed by atoms with Gasteiger partial charge in [-0.05, 0) is 12.1 Å². The number of methoxy groups -OCH3 is 1. The summed E-state index contributed by atoms with van der Waals surface area (Å²) in [6.07, 6.45) is 1.03. The molecule has 0 saturated heterocycles. The van der Waals surface area contributed by atoms with E-state index in [2.05, 4.69) is 9.97 Å². The molecule has 1 N–H and O–H groups in total. The van der Waals surface area contributed by atoms with Crippen LogP contribution >= 0.6 is 0 Å². The number of aromatic carboxylic acids is 1. The van der Waals surface area contributed by atoms with Crippen LogP contribution in [0, 0.1) is 5.82 Å².